The number of rotatable bonds is 4. The predicted octanol–water partition coefficient (Wildman–Crippen LogP) is 3.95. The van der Waals surface area contributed by atoms with E-state index in [1.807, 2.05) is 26.8 Å². The molecule has 1 heterocycles. The van der Waals surface area contributed by atoms with Crippen LogP contribution in [0.25, 0.3) is 0 Å². The Balaban J connectivity index is 2.22. The molecule has 0 atom stereocenters. The zero-order valence-electron chi connectivity index (χ0n) is 11.2. The number of carbonyl (C=O) groups is 1. The van der Waals surface area contributed by atoms with E-state index in [4.69, 9.17) is 9.84 Å². The fourth-order valence-corrected chi connectivity index (χ4v) is 2.68. The summed E-state index contributed by atoms with van der Waals surface area (Å²) in [6, 6.07) is 5.88. The van der Waals surface area contributed by atoms with Crippen molar-refractivity contribution in [2.45, 2.75) is 27.4 Å². The first-order chi connectivity index (χ1) is 9.00. The van der Waals surface area contributed by atoms with Gasteiger partial charge in [-0.1, -0.05) is 12.1 Å². The number of carboxylic acids is 1. The number of thiophene rings is 1. The molecule has 0 radical (unpaired) electrons. The van der Waals surface area contributed by atoms with Crippen LogP contribution >= 0.6 is 11.3 Å². The SMILES string of the molecule is Cc1ccc(C)c(OCc2ccsc2C(=O)O)c1C. The molecule has 0 saturated carbocycles. The number of ether oxygens (including phenoxy) is 1. The summed E-state index contributed by atoms with van der Waals surface area (Å²) in [5.41, 5.74) is 4.06. The number of aromatic carboxylic acids is 1. The summed E-state index contributed by atoms with van der Waals surface area (Å²) >= 11 is 1.22. The van der Waals surface area contributed by atoms with Gasteiger partial charge in [0.05, 0.1) is 0 Å². The van der Waals surface area contributed by atoms with Gasteiger partial charge in [-0.2, -0.15) is 0 Å². The van der Waals surface area contributed by atoms with E-state index in [1.54, 1.807) is 11.4 Å². The molecule has 3 nitrogen and oxygen atoms in total. The Hall–Kier alpha value is -1.81. The third-order valence-electron chi connectivity index (χ3n) is 3.19. The molecule has 0 fully saturated rings. The summed E-state index contributed by atoms with van der Waals surface area (Å²) in [5.74, 6) is -0.0474. The highest BCUT2D eigenvalue weighted by Gasteiger charge is 2.13. The van der Waals surface area contributed by atoms with Gasteiger partial charge >= 0.3 is 5.97 Å². The van der Waals surface area contributed by atoms with E-state index in [2.05, 4.69) is 6.07 Å². The van der Waals surface area contributed by atoms with Crippen LogP contribution in [0.2, 0.25) is 0 Å². The van der Waals surface area contributed by atoms with Gasteiger partial charge in [0.15, 0.2) is 0 Å². The minimum atomic E-state index is -0.897. The van der Waals surface area contributed by atoms with E-state index < -0.39 is 5.97 Å². The number of carboxylic acid groups (broad SMARTS) is 1. The summed E-state index contributed by atoms with van der Waals surface area (Å²) in [5, 5.41) is 10.8. The van der Waals surface area contributed by atoms with Crippen LogP contribution in [-0.4, -0.2) is 11.1 Å². The van der Waals surface area contributed by atoms with Crippen LogP contribution in [-0.2, 0) is 6.61 Å². The molecule has 4 heteroatoms. The monoisotopic (exact) mass is 276 g/mol. The average molecular weight is 276 g/mol. The lowest BCUT2D eigenvalue weighted by Crippen LogP contribution is -2.03. The summed E-state index contributed by atoms with van der Waals surface area (Å²) < 4.78 is 5.83. The Morgan fingerprint density at radius 2 is 1.89 bits per heavy atom. The van der Waals surface area contributed by atoms with Gasteiger partial charge in [0.25, 0.3) is 0 Å². The fraction of sp³-hybridized carbons (Fsp3) is 0.267. The van der Waals surface area contributed by atoms with Crippen molar-refractivity contribution in [3.05, 3.63) is 50.7 Å². The molecule has 0 amide bonds. The molecule has 100 valence electrons. The van der Waals surface area contributed by atoms with E-state index in [0.29, 0.717) is 4.88 Å². The molecule has 0 aliphatic carbocycles. The standard InChI is InChI=1S/C15H16O3S/c1-9-4-5-10(2)13(11(9)3)18-8-12-6-7-19-14(12)15(16)17/h4-7H,8H2,1-3H3,(H,16,17). The summed E-state index contributed by atoms with van der Waals surface area (Å²) in [6.07, 6.45) is 0. The van der Waals surface area contributed by atoms with Crippen LogP contribution < -0.4 is 4.74 Å². The lowest BCUT2D eigenvalue weighted by Gasteiger charge is -2.13. The smallest absolute Gasteiger partial charge is 0.346 e. The second kappa shape index (κ2) is 5.45. The van der Waals surface area contributed by atoms with Gasteiger partial charge < -0.3 is 9.84 Å². The van der Waals surface area contributed by atoms with Crippen LogP contribution in [0.4, 0.5) is 0 Å². The molecular formula is C15H16O3S. The Labute approximate surface area is 116 Å². The Morgan fingerprint density at radius 1 is 1.21 bits per heavy atom. The van der Waals surface area contributed by atoms with E-state index in [1.165, 1.54) is 16.9 Å². The van der Waals surface area contributed by atoms with Gasteiger partial charge in [-0.3, -0.25) is 0 Å². The molecule has 1 aromatic heterocycles. The van der Waals surface area contributed by atoms with Crippen molar-refractivity contribution in [1.82, 2.24) is 0 Å². The third kappa shape index (κ3) is 2.79. The highest BCUT2D eigenvalue weighted by atomic mass is 32.1. The molecule has 1 aromatic carbocycles. The van der Waals surface area contributed by atoms with Crippen LogP contribution in [0, 0.1) is 20.8 Å². The normalized spacial score (nSPS) is 10.5. The average Bonchev–Trinajstić information content (AvgIpc) is 2.82. The molecule has 0 unspecified atom stereocenters. The molecule has 19 heavy (non-hydrogen) atoms. The second-order valence-corrected chi connectivity index (χ2v) is 5.44. The van der Waals surface area contributed by atoms with Gasteiger partial charge in [0.1, 0.15) is 17.2 Å². The first-order valence-corrected chi connectivity index (χ1v) is 6.88. The largest absolute Gasteiger partial charge is 0.488 e. The summed E-state index contributed by atoms with van der Waals surface area (Å²) in [7, 11) is 0. The van der Waals surface area contributed by atoms with Crippen LogP contribution in [0.3, 0.4) is 0 Å². The molecule has 1 N–H and O–H groups in total. The molecule has 0 aliphatic rings. The fourth-order valence-electron chi connectivity index (χ4n) is 1.93. The van der Waals surface area contributed by atoms with Crippen molar-refractivity contribution in [1.29, 1.82) is 0 Å². The van der Waals surface area contributed by atoms with Gasteiger partial charge in [-0.15, -0.1) is 11.3 Å². The second-order valence-electron chi connectivity index (χ2n) is 4.52. The lowest BCUT2D eigenvalue weighted by atomic mass is 10.1. The van der Waals surface area contributed by atoms with E-state index in [0.717, 1.165) is 22.4 Å². The highest BCUT2D eigenvalue weighted by molar-refractivity contribution is 7.12. The first kappa shape index (κ1) is 13.6. The van der Waals surface area contributed by atoms with Crippen LogP contribution in [0.5, 0.6) is 5.75 Å². The number of hydrogen-bond acceptors (Lipinski definition) is 3. The molecule has 0 saturated heterocycles. The molecule has 2 rings (SSSR count). The van der Waals surface area contributed by atoms with E-state index in [-0.39, 0.29) is 6.61 Å². The Morgan fingerprint density at radius 3 is 2.58 bits per heavy atom. The van der Waals surface area contributed by atoms with Crippen LogP contribution in [0.15, 0.2) is 23.6 Å². The molecule has 0 bridgehead atoms. The van der Waals surface area contributed by atoms with Crippen molar-refractivity contribution in [2.24, 2.45) is 0 Å². The molecule has 0 aliphatic heterocycles. The number of hydrogen-bond donors (Lipinski definition) is 1. The Bertz CT molecular complexity index is 614. The first-order valence-electron chi connectivity index (χ1n) is 6.00. The van der Waals surface area contributed by atoms with Crippen molar-refractivity contribution in [2.75, 3.05) is 0 Å². The van der Waals surface area contributed by atoms with Gasteiger partial charge in [-0.05, 0) is 48.9 Å². The minimum Gasteiger partial charge on any atom is -0.488 e. The zero-order valence-corrected chi connectivity index (χ0v) is 12.0. The molecular weight excluding hydrogens is 260 g/mol. The van der Waals surface area contributed by atoms with Crippen molar-refractivity contribution in [3.8, 4) is 5.75 Å². The predicted molar refractivity (Wildman–Crippen MR) is 76.3 cm³/mol. The van der Waals surface area contributed by atoms with Gasteiger partial charge in [0.2, 0.25) is 0 Å². The molecule has 2 aromatic rings. The summed E-state index contributed by atoms with van der Waals surface area (Å²) in [4.78, 5) is 11.4. The van der Waals surface area contributed by atoms with E-state index >= 15 is 0 Å². The maximum Gasteiger partial charge on any atom is 0.346 e. The maximum absolute atomic E-state index is 11.0. The number of aryl methyl sites for hydroxylation is 2. The maximum atomic E-state index is 11.0. The van der Waals surface area contributed by atoms with Crippen molar-refractivity contribution >= 4 is 17.3 Å². The van der Waals surface area contributed by atoms with Gasteiger partial charge in [-0.25, -0.2) is 4.79 Å². The minimum absolute atomic E-state index is 0.288. The highest BCUT2D eigenvalue weighted by Crippen LogP contribution is 2.27. The zero-order chi connectivity index (χ0) is 14.0. The summed E-state index contributed by atoms with van der Waals surface area (Å²) in [6.45, 7) is 6.34. The van der Waals surface area contributed by atoms with Crippen LogP contribution in [0.1, 0.15) is 31.9 Å². The van der Waals surface area contributed by atoms with E-state index in [9.17, 15) is 4.79 Å². The topological polar surface area (TPSA) is 46.5 Å². The third-order valence-corrected chi connectivity index (χ3v) is 4.13. The van der Waals surface area contributed by atoms with Gasteiger partial charge in [0, 0.05) is 5.56 Å². The van der Waals surface area contributed by atoms with Crippen molar-refractivity contribution in [3.63, 3.8) is 0 Å². The number of benzene rings is 1. The quantitative estimate of drug-likeness (QED) is 0.919. The lowest BCUT2D eigenvalue weighted by molar-refractivity contribution is 0.0699. The Kier molecular flexibility index (Phi) is 3.90. The van der Waals surface area contributed by atoms with Crippen molar-refractivity contribution < 1.29 is 14.6 Å². The molecule has 0 spiro atoms.